The number of aromatic nitrogens is 2. The van der Waals surface area contributed by atoms with Crippen LogP contribution in [0, 0.1) is 23.6 Å². The van der Waals surface area contributed by atoms with Gasteiger partial charge in [-0.25, -0.2) is 9.37 Å². The van der Waals surface area contributed by atoms with Gasteiger partial charge in [0.1, 0.15) is 11.3 Å². The Kier molecular flexibility index (Phi) is 2.99. The summed E-state index contributed by atoms with van der Waals surface area (Å²) in [6.07, 6.45) is 5.44. The molecule has 4 heteroatoms. The van der Waals surface area contributed by atoms with Crippen LogP contribution in [0.2, 0.25) is 0 Å². The number of alkyl halides is 1. The molecule has 2 nitrogen and oxygen atoms in total. The molecule has 0 spiro atoms. The summed E-state index contributed by atoms with van der Waals surface area (Å²) >= 11 is 6.02. The van der Waals surface area contributed by atoms with Crippen molar-refractivity contribution in [3.8, 4) is 0 Å². The number of hydrogen-bond acceptors (Lipinski definition) is 1. The highest BCUT2D eigenvalue weighted by molar-refractivity contribution is 6.16. The molecule has 1 aromatic carbocycles. The van der Waals surface area contributed by atoms with E-state index >= 15 is 0 Å². The molecular formula is C16H18ClFN2. The third kappa shape index (κ3) is 2.12. The molecule has 4 rings (SSSR count). The van der Waals surface area contributed by atoms with E-state index in [1.165, 1.54) is 31.7 Å². The first-order valence-electron chi connectivity index (χ1n) is 7.47. The molecule has 2 aliphatic rings. The van der Waals surface area contributed by atoms with Crippen molar-refractivity contribution in [3.63, 3.8) is 0 Å². The minimum absolute atomic E-state index is 0.248. The van der Waals surface area contributed by atoms with Gasteiger partial charge >= 0.3 is 0 Å². The lowest BCUT2D eigenvalue weighted by Gasteiger charge is -2.18. The second-order valence-corrected chi connectivity index (χ2v) is 6.49. The van der Waals surface area contributed by atoms with Gasteiger partial charge in [-0.15, -0.1) is 11.6 Å². The molecule has 106 valence electrons. The van der Waals surface area contributed by atoms with Gasteiger partial charge in [-0.2, -0.15) is 0 Å². The fourth-order valence-electron chi connectivity index (χ4n) is 3.41. The minimum atomic E-state index is -0.248. The fraction of sp³-hybridized carbons (Fsp3) is 0.562. The molecule has 2 fully saturated rings. The predicted octanol–water partition coefficient (Wildman–Crippen LogP) is 4.35. The van der Waals surface area contributed by atoms with Gasteiger partial charge in [0.2, 0.25) is 0 Å². The van der Waals surface area contributed by atoms with Crippen LogP contribution >= 0.6 is 11.6 Å². The van der Waals surface area contributed by atoms with Gasteiger partial charge in [0.05, 0.1) is 11.4 Å². The van der Waals surface area contributed by atoms with Crippen LogP contribution in [-0.2, 0) is 12.4 Å². The Hall–Kier alpha value is -1.09. The van der Waals surface area contributed by atoms with Gasteiger partial charge in [0.15, 0.2) is 5.82 Å². The Bertz CT molecular complexity index is 631. The number of fused-ring (bicyclic) bond motifs is 1. The highest BCUT2D eigenvalue weighted by Crippen LogP contribution is 2.50. The Morgan fingerprint density at radius 3 is 2.55 bits per heavy atom. The van der Waals surface area contributed by atoms with E-state index in [4.69, 9.17) is 11.6 Å². The first-order chi connectivity index (χ1) is 9.78. The zero-order chi connectivity index (χ0) is 13.7. The SMILES string of the molecule is Fc1cccc2c1nc(CCl)n2CC(C1CC1)C1CC1. The van der Waals surface area contributed by atoms with E-state index in [0.717, 1.165) is 35.6 Å². The highest BCUT2D eigenvalue weighted by atomic mass is 35.5. The maximum atomic E-state index is 13.9. The van der Waals surface area contributed by atoms with Gasteiger partial charge in [-0.3, -0.25) is 0 Å². The van der Waals surface area contributed by atoms with E-state index in [0.29, 0.717) is 11.4 Å². The third-order valence-electron chi connectivity index (χ3n) is 4.78. The molecule has 0 saturated heterocycles. The molecule has 0 atom stereocenters. The van der Waals surface area contributed by atoms with E-state index in [2.05, 4.69) is 9.55 Å². The summed E-state index contributed by atoms with van der Waals surface area (Å²) in [5, 5.41) is 0. The number of rotatable bonds is 5. The quantitative estimate of drug-likeness (QED) is 0.749. The molecule has 2 saturated carbocycles. The van der Waals surface area contributed by atoms with Gasteiger partial charge in [-0.1, -0.05) is 6.07 Å². The lowest BCUT2D eigenvalue weighted by Crippen LogP contribution is -2.16. The average Bonchev–Trinajstić information content (AvgIpc) is 3.34. The molecule has 1 aromatic heterocycles. The van der Waals surface area contributed by atoms with Crippen molar-refractivity contribution in [3.05, 3.63) is 29.8 Å². The maximum Gasteiger partial charge on any atom is 0.151 e. The molecule has 2 aliphatic carbocycles. The van der Waals surface area contributed by atoms with Gasteiger partial charge in [0, 0.05) is 6.54 Å². The van der Waals surface area contributed by atoms with Crippen LogP contribution in [0.4, 0.5) is 4.39 Å². The molecular weight excluding hydrogens is 275 g/mol. The molecule has 0 N–H and O–H groups in total. The number of benzene rings is 1. The van der Waals surface area contributed by atoms with Crippen LogP contribution in [0.15, 0.2) is 18.2 Å². The number of halogens is 2. The summed E-state index contributed by atoms with van der Waals surface area (Å²) in [7, 11) is 0. The topological polar surface area (TPSA) is 17.8 Å². The Labute approximate surface area is 122 Å². The van der Waals surface area contributed by atoms with Gasteiger partial charge in [0.25, 0.3) is 0 Å². The lowest BCUT2D eigenvalue weighted by atomic mass is 9.98. The van der Waals surface area contributed by atoms with Crippen LogP contribution < -0.4 is 0 Å². The van der Waals surface area contributed by atoms with Gasteiger partial charge < -0.3 is 4.57 Å². The summed E-state index contributed by atoms with van der Waals surface area (Å²) < 4.78 is 16.0. The smallest absolute Gasteiger partial charge is 0.151 e. The zero-order valence-corrected chi connectivity index (χ0v) is 12.1. The maximum absolute atomic E-state index is 13.9. The van der Waals surface area contributed by atoms with Crippen molar-refractivity contribution in [1.82, 2.24) is 9.55 Å². The van der Waals surface area contributed by atoms with Crippen molar-refractivity contribution < 1.29 is 4.39 Å². The third-order valence-corrected chi connectivity index (χ3v) is 5.02. The normalized spacial score (nSPS) is 19.1. The van der Waals surface area contributed by atoms with Gasteiger partial charge in [-0.05, 0) is 55.6 Å². The number of hydrogen-bond donors (Lipinski definition) is 0. The summed E-state index contributed by atoms with van der Waals surface area (Å²) in [5.41, 5.74) is 1.36. The van der Waals surface area contributed by atoms with E-state index < -0.39 is 0 Å². The van der Waals surface area contributed by atoms with E-state index in [9.17, 15) is 4.39 Å². The van der Waals surface area contributed by atoms with Crippen LogP contribution in [0.25, 0.3) is 11.0 Å². The largest absolute Gasteiger partial charge is 0.327 e. The van der Waals surface area contributed by atoms with Crippen molar-refractivity contribution in [2.75, 3.05) is 0 Å². The Morgan fingerprint density at radius 1 is 1.25 bits per heavy atom. The standard InChI is InChI=1S/C16H18ClFN2/c17-8-15-19-16-13(18)2-1-3-14(16)20(15)9-12(10-4-5-10)11-6-7-11/h1-3,10-12H,4-9H2. The van der Waals surface area contributed by atoms with Crippen molar-refractivity contribution in [2.24, 2.45) is 17.8 Å². The van der Waals surface area contributed by atoms with Crippen molar-refractivity contribution >= 4 is 22.6 Å². The Morgan fingerprint density at radius 2 is 1.95 bits per heavy atom. The molecule has 0 radical (unpaired) electrons. The summed E-state index contributed by atoms with van der Waals surface area (Å²) in [6, 6.07) is 5.19. The van der Waals surface area contributed by atoms with E-state index in [-0.39, 0.29) is 5.82 Å². The molecule has 0 amide bonds. The van der Waals surface area contributed by atoms with Crippen molar-refractivity contribution in [1.29, 1.82) is 0 Å². The highest BCUT2D eigenvalue weighted by Gasteiger charge is 2.41. The second-order valence-electron chi connectivity index (χ2n) is 6.22. The van der Waals surface area contributed by atoms with E-state index in [1.807, 2.05) is 6.07 Å². The number of para-hydroxylation sites is 1. The summed E-state index contributed by atoms with van der Waals surface area (Å²) in [5.74, 6) is 3.38. The first-order valence-corrected chi connectivity index (χ1v) is 8.01. The van der Waals surface area contributed by atoms with Crippen LogP contribution in [-0.4, -0.2) is 9.55 Å². The van der Waals surface area contributed by atoms with Crippen LogP contribution in [0.5, 0.6) is 0 Å². The number of nitrogens with zero attached hydrogens (tertiary/aromatic N) is 2. The number of imidazole rings is 1. The zero-order valence-electron chi connectivity index (χ0n) is 11.4. The molecule has 0 bridgehead atoms. The molecule has 0 aliphatic heterocycles. The summed E-state index contributed by atoms with van der Waals surface area (Å²) in [6.45, 7) is 0.956. The van der Waals surface area contributed by atoms with Crippen molar-refractivity contribution in [2.45, 2.75) is 38.1 Å². The van der Waals surface area contributed by atoms with Crippen LogP contribution in [0.3, 0.4) is 0 Å². The lowest BCUT2D eigenvalue weighted by molar-refractivity contribution is 0.350. The fourth-order valence-corrected chi connectivity index (χ4v) is 3.61. The Balaban J connectivity index is 1.75. The molecule has 2 aromatic rings. The monoisotopic (exact) mass is 292 g/mol. The second kappa shape index (κ2) is 4.73. The predicted molar refractivity (Wildman–Crippen MR) is 78.2 cm³/mol. The van der Waals surface area contributed by atoms with Crippen LogP contribution in [0.1, 0.15) is 31.5 Å². The first kappa shape index (κ1) is 12.6. The minimum Gasteiger partial charge on any atom is -0.327 e. The van der Waals surface area contributed by atoms with E-state index in [1.54, 1.807) is 6.07 Å². The summed E-state index contributed by atoms with van der Waals surface area (Å²) in [4.78, 5) is 4.40. The molecule has 1 heterocycles. The average molecular weight is 293 g/mol. The molecule has 0 unspecified atom stereocenters. The molecule has 20 heavy (non-hydrogen) atoms.